The predicted molar refractivity (Wildman–Crippen MR) is 72.9 cm³/mol. The van der Waals surface area contributed by atoms with E-state index in [9.17, 15) is 9.90 Å². The Morgan fingerprint density at radius 2 is 2.00 bits per heavy atom. The van der Waals surface area contributed by atoms with Gasteiger partial charge in [-0.15, -0.1) is 0 Å². The summed E-state index contributed by atoms with van der Waals surface area (Å²) in [4.78, 5) is 16.2. The van der Waals surface area contributed by atoms with Gasteiger partial charge in [-0.2, -0.15) is 0 Å². The maximum atomic E-state index is 12.0. The Balaban J connectivity index is 1.80. The van der Waals surface area contributed by atoms with E-state index in [0.29, 0.717) is 32.7 Å². The SMILES string of the molecule is CCOCCC(=O)N1C[C@H](O)[C@@H](N2CCCCC2)C1. The summed E-state index contributed by atoms with van der Waals surface area (Å²) in [6.07, 6.45) is 3.74. The van der Waals surface area contributed by atoms with Crippen LogP contribution in [0.15, 0.2) is 0 Å². The lowest BCUT2D eigenvalue weighted by molar-refractivity contribution is -0.131. The molecule has 0 unspecified atom stereocenters. The van der Waals surface area contributed by atoms with Crippen LogP contribution in [0.2, 0.25) is 0 Å². The van der Waals surface area contributed by atoms with Gasteiger partial charge in [-0.25, -0.2) is 0 Å². The number of hydrogen-bond acceptors (Lipinski definition) is 4. The van der Waals surface area contributed by atoms with E-state index in [1.807, 2.05) is 6.92 Å². The molecule has 1 amide bonds. The summed E-state index contributed by atoms with van der Waals surface area (Å²) in [5.41, 5.74) is 0. The third-order valence-corrected chi connectivity index (χ3v) is 4.14. The molecule has 2 atom stereocenters. The van der Waals surface area contributed by atoms with Crippen molar-refractivity contribution in [2.75, 3.05) is 39.4 Å². The molecule has 0 radical (unpaired) electrons. The number of carbonyl (C=O) groups is 1. The maximum absolute atomic E-state index is 12.0. The zero-order valence-corrected chi connectivity index (χ0v) is 11.9. The number of β-amino-alcohol motifs (C(OH)–C–C–N with tert-alkyl or cyclic N) is 1. The Labute approximate surface area is 115 Å². The van der Waals surface area contributed by atoms with Gasteiger partial charge in [0, 0.05) is 19.7 Å². The van der Waals surface area contributed by atoms with E-state index in [4.69, 9.17) is 4.74 Å². The number of aliphatic hydroxyl groups excluding tert-OH is 1. The lowest BCUT2D eigenvalue weighted by Gasteiger charge is -2.33. The molecule has 0 aliphatic carbocycles. The Morgan fingerprint density at radius 3 is 2.68 bits per heavy atom. The molecule has 0 saturated carbocycles. The van der Waals surface area contributed by atoms with Crippen LogP contribution in [0.4, 0.5) is 0 Å². The van der Waals surface area contributed by atoms with Crippen molar-refractivity contribution in [3.05, 3.63) is 0 Å². The van der Waals surface area contributed by atoms with Gasteiger partial charge in [0.2, 0.25) is 5.91 Å². The quantitative estimate of drug-likeness (QED) is 0.738. The normalized spacial score (nSPS) is 28.8. The van der Waals surface area contributed by atoms with Crippen molar-refractivity contribution in [1.29, 1.82) is 0 Å². The van der Waals surface area contributed by atoms with Gasteiger partial charge in [0.1, 0.15) is 0 Å². The summed E-state index contributed by atoms with van der Waals surface area (Å²) < 4.78 is 5.21. The van der Waals surface area contributed by atoms with Gasteiger partial charge >= 0.3 is 0 Å². The molecule has 0 spiro atoms. The van der Waals surface area contributed by atoms with E-state index in [1.54, 1.807) is 4.90 Å². The van der Waals surface area contributed by atoms with E-state index in [2.05, 4.69) is 4.90 Å². The van der Waals surface area contributed by atoms with Crippen molar-refractivity contribution in [2.45, 2.75) is 44.8 Å². The summed E-state index contributed by atoms with van der Waals surface area (Å²) in [5.74, 6) is 0.104. The molecule has 0 aromatic rings. The van der Waals surface area contributed by atoms with Crippen LogP contribution in [-0.2, 0) is 9.53 Å². The predicted octanol–water partition coefficient (Wildman–Crippen LogP) is 0.471. The average Bonchev–Trinajstić information content (AvgIpc) is 2.82. The summed E-state index contributed by atoms with van der Waals surface area (Å²) in [6.45, 7) is 6.32. The number of amides is 1. The second kappa shape index (κ2) is 7.22. The standard InChI is InChI=1S/C14H26N2O3/c1-2-19-9-6-14(18)16-10-12(13(17)11-16)15-7-4-3-5-8-15/h12-13,17H,2-11H2,1H3/t12-,13-/m0/s1. The molecule has 110 valence electrons. The van der Waals surface area contributed by atoms with Gasteiger partial charge in [-0.05, 0) is 32.9 Å². The molecular weight excluding hydrogens is 244 g/mol. The lowest BCUT2D eigenvalue weighted by atomic mass is 10.1. The minimum atomic E-state index is -0.394. The summed E-state index contributed by atoms with van der Waals surface area (Å²) in [7, 11) is 0. The number of rotatable bonds is 5. The highest BCUT2D eigenvalue weighted by Gasteiger charge is 2.37. The van der Waals surface area contributed by atoms with Gasteiger partial charge < -0.3 is 14.7 Å². The minimum absolute atomic E-state index is 0.104. The number of likely N-dealkylation sites (tertiary alicyclic amines) is 2. The number of piperidine rings is 1. The second-order valence-electron chi connectivity index (χ2n) is 5.48. The Morgan fingerprint density at radius 1 is 1.26 bits per heavy atom. The van der Waals surface area contributed by atoms with Crippen LogP contribution < -0.4 is 0 Å². The Bertz CT molecular complexity index is 292. The molecule has 5 nitrogen and oxygen atoms in total. The molecular formula is C14H26N2O3. The van der Waals surface area contributed by atoms with Crippen LogP contribution in [0.1, 0.15) is 32.6 Å². The number of carbonyl (C=O) groups excluding carboxylic acids is 1. The zero-order chi connectivity index (χ0) is 13.7. The van der Waals surface area contributed by atoms with Crippen LogP contribution in [-0.4, -0.2) is 72.4 Å². The first kappa shape index (κ1) is 14.8. The molecule has 2 heterocycles. The topological polar surface area (TPSA) is 53.0 Å². The molecule has 0 bridgehead atoms. The van der Waals surface area contributed by atoms with Crippen molar-refractivity contribution in [3.63, 3.8) is 0 Å². The van der Waals surface area contributed by atoms with E-state index >= 15 is 0 Å². The highest BCUT2D eigenvalue weighted by Crippen LogP contribution is 2.21. The third-order valence-electron chi connectivity index (χ3n) is 4.14. The van der Waals surface area contributed by atoms with Crippen molar-refractivity contribution in [1.82, 2.24) is 9.80 Å². The second-order valence-corrected chi connectivity index (χ2v) is 5.48. The van der Waals surface area contributed by atoms with Crippen LogP contribution in [0.3, 0.4) is 0 Å². The third kappa shape index (κ3) is 3.91. The van der Waals surface area contributed by atoms with E-state index in [1.165, 1.54) is 19.3 Å². The van der Waals surface area contributed by atoms with Crippen LogP contribution in [0, 0.1) is 0 Å². The maximum Gasteiger partial charge on any atom is 0.225 e. The first-order valence-corrected chi connectivity index (χ1v) is 7.50. The smallest absolute Gasteiger partial charge is 0.225 e. The van der Waals surface area contributed by atoms with Crippen LogP contribution in [0.25, 0.3) is 0 Å². The first-order valence-electron chi connectivity index (χ1n) is 7.50. The average molecular weight is 270 g/mol. The van der Waals surface area contributed by atoms with Gasteiger partial charge in [0.05, 0.1) is 25.2 Å². The highest BCUT2D eigenvalue weighted by molar-refractivity contribution is 5.76. The summed E-state index contributed by atoms with van der Waals surface area (Å²) in [5, 5.41) is 10.2. The van der Waals surface area contributed by atoms with Gasteiger partial charge in [-0.3, -0.25) is 9.69 Å². The summed E-state index contributed by atoms with van der Waals surface area (Å²) >= 11 is 0. The Kier molecular flexibility index (Phi) is 5.60. The number of aliphatic hydroxyl groups is 1. The number of ether oxygens (including phenoxy) is 1. The van der Waals surface area contributed by atoms with Crippen molar-refractivity contribution < 1.29 is 14.6 Å². The lowest BCUT2D eigenvalue weighted by Crippen LogP contribution is -2.46. The molecule has 5 heteroatoms. The largest absolute Gasteiger partial charge is 0.390 e. The van der Waals surface area contributed by atoms with Crippen molar-refractivity contribution in [2.24, 2.45) is 0 Å². The van der Waals surface area contributed by atoms with Crippen molar-refractivity contribution in [3.8, 4) is 0 Å². The fourth-order valence-corrected chi connectivity index (χ4v) is 3.04. The molecule has 2 fully saturated rings. The molecule has 19 heavy (non-hydrogen) atoms. The van der Waals surface area contributed by atoms with E-state index in [-0.39, 0.29) is 11.9 Å². The first-order chi connectivity index (χ1) is 9.22. The molecule has 0 aromatic heterocycles. The molecule has 0 aromatic carbocycles. The Hall–Kier alpha value is -0.650. The number of hydrogen-bond donors (Lipinski definition) is 1. The molecule has 2 aliphatic heterocycles. The number of nitrogens with zero attached hydrogens (tertiary/aromatic N) is 2. The summed E-state index contributed by atoms with van der Waals surface area (Å²) in [6, 6.07) is 0.136. The molecule has 2 rings (SSSR count). The van der Waals surface area contributed by atoms with Crippen molar-refractivity contribution >= 4 is 5.91 Å². The van der Waals surface area contributed by atoms with Gasteiger partial charge in [-0.1, -0.05) is 6.42 Å². The van der Waals surface area contributed by atoms with E-state index < -0.39 is 6.10 Å². The zero-order valence-electron chi connectivity index (χ0n) is 11.9. The van der Waals surface area contributed by atoms with Crippen LogP contribution >= 0.6 is 0 Å². The minimum Gasteiger partial charge on any atom is -0.390 e. The van der Waals surface area contributed by atoms with E-state index in [0.717, 1.165) is 13.1 Å². The molecule has 1 N–H and O–H groups in total. The molecule has 2 aliphatic rings. The fraction of sp³-hybridized carbons (Fsp3) is 0.929. The highest BCUT2D eigenvalue weighted by atomic mass is 16.5. The fourth-order valence-electron chi connectivity index (χ4n) is 3.04. The van der Waals surface area contributed by atoms with Crippen LogP contribution in [0.5, 0.6) is 0 Å². The molecule has 2 saturated heterocycles. The van der Waals surface area contributed by atoms with Gasteiger partial charge in [0.25, 0.3) is 0 Å². The monoisotopic (exact) mass is 270 g/mol. The van der Waals surface area contributed by atoms with Gasteiger partial charge in [0.15, 0.2) is 0 Å².